The van der Waals surface area contributed by atoms with Crippen molar-refractivity contribution in [3.63, 3.8) is 0 Å². The molecule has 0 saturated carbocycles. The normalized spacial score (nSPS) is 16.3. The van der Waals surface area contributed by atoms with E-state index in [1.54, 1.807) is 12.4 Å². The smallest absolute Gasteiger partial charge is 0.297 e. The average molecular weight is 334 g/mol. The van der Waals surface area contributed by atoms with Crippen LogP contribution < -0.4 is 9.47 Å². The van der Waals surface area contributed by atoms with Gasteiger partial charge in [0.15, 0.2) is 6.10 Å². The van der Waals surface area contributed by atoms with Gasteiger partial charge in [0.05, 0.1) is 29.7 Å². The molecule has 1 atom stereocenters. The van der Waals surface area contributed by atoms with Crippen molar-refractivity contribution in [2.24, 2.45) is 0 Å². The van der Waals surface area contributed by atoms with Gasteiger partial charge in [0, 0.05) is 6.20 Å². The van der Waals surface area contributed by atoms with E-state index in [0.717, 1.165) is 22.3 Å². The second-order valence-electron chi connectivity index (χ2n) is 6.68. The van der Waals surface area contributed by atoms with Crippen LogP contribution in [-0.4, -0.2) is 27.2 Å². The Bertz CT molecular complexity index is 954. The Balaban J connectivity index is 1.40. The number of fused-ring (bicyclic) bond motifs is 3. The molecule has 1 aromatic carbocycles. The molecule has 0 saturated heterocycles. The zero-order valence-electron chi connectivity index (χ0n) is 14.1. The third kappa shape index (κ3) is 2.78. The molecule has 3 heterocycles. The molecule has 0 unspecified atom stereocenters. The highest BCUT2D eigenvalue weighted by Gasteiger charge is 2.27. The number of pyridine rings is 1. The minimum Gasteiger partial charge on any atom is -0.490 e. The summed E-state index contributed by atoms with van der Waals surface area (Å²) in [7, 11) is 0. The van der Waals surface area contributed by atoms with Crippen molar-refractivity contribution in [1.82, 2.24) is 14.5 Å². The van der Waals surface area contributed by atoms with Crippen LogP contribution in [0.25, 0.3) is 11.0 Å². The highest BCUT2D eigenvalue weighted by molar-refractivity contribution is 5.75. The lowest BCUT2D eigenvalue weighted by Gasteiger charge is -2.16. The fourth-order valence-corrected chi connectivity index (χ4v) is 2.92. The lowest BCUT2D eigenvalue weighted by atomic mass is 9.86. The Kier molecular flexibility index (Phi) is 3.57. The van der Waals surface area contributed by atoms with Crippen LogP contribution in [0, 0.1) is 11.3 Å². The Morgan fingerprint density at radius 3 is 2.88 bits per heavy atom. The summed E-state index contributed by atoms with van der Waals surface area (Å²) in [5, 5.41) is 9.19. The number of nitrogens with zero attached hydrogens (tertiary/aromatic N) is 4. The summed E-state index contributed by atoms with van der Waals surface area (Å²) < 4.78 is 13.8. The molecule has 3 aromatic rings. The number of ether oxygens (including phenoxy) is 2. The molecule has 0 fully saturated rings. The number of rotatable bonds is 4. The van der Waals surface area contributed by atoms with Gasteiger partial charge in [0.1, 0.15) is 17.9 Å². The summed E-state index contributed by atoms with van der Waals surface area (Å²) in [4.78, 5) is 8.51. The first kappa shape index (κ1) is 15.5. The van der Waals surface area contributed by atoms with Crippen LogP contribution in [0.4, 0.5) is 0 Å². The number of aromatic nitrogens is 3. The van der Waals surface area contributed by atoms with Gasteiger partial charge in [-0.05, 0) is 37.6 Å². The molecule has 0 amide bonds. The Labute approximate surface area is 145 Å². The summed E-state index contributed by atoms with van der Waals surface area (Å²) in [5.74, 6) is 0.764. The van der Waals surface area contributed by atoms with E-state index in [2.05, 4.69) is 16.0 Å². The minimum atomic E-state index is -0.502. The van der Waals surface area contributed by atoms with Gasteiger partial charge in [0.25, 0.3) is 6.01 Å². The van der Waals surface area contributed by atoms with Crippen molar-refractivity contribution in [3.05, 3.63) is 48.3 Å². The van der Waals surface area contributed by atoms with E-state index in [0.29, 0.717) is 19.2 Å². The topological polar surface area (TPSA) is 73.0 Å². The molecular formula is C19H18N4O2. The zero-order valence-corrected chi connectivity index (χ0v) is 14.1. The lowest BCUT2D eigenvalue weighted by Crippen LogP contribution is -2.23. The first-order chi connectivity index (χ1) is 12.1. The van der Waals surface area contributed by atoms with Gasteiger partial charge in [-0.25, -0.2) is 0 Å². The van der Waals surface area contributed by atoms with Gasteiger partial charge in [-0.1, -0.05) is 12.1 Å². The molecule has 1 aliphatic heterocycles. The van der Waals surface area contributed by atoms with Gasteiger partial charge >= 0.3 is 0 Å². The van der Waals surface area contributed by atoms with Crippen molar-refractivity contribution in [3.8, 4) is 17.8 Å². The van der Waals surface area contributed by atoms with E-state index in [1.165, 1.54) is 0 Å². The van der Waals surface area contributed by atoms with Crippen LogP contribution in [-0.2, 0) is 12.0 Å². The van der Waals surface area contributed by atoms with Crippen LogP contribution >= 0.6 is 0 Å². The highest BCUT2D eigenvalue weighted by Crippen LogP contribution is 2.28. The van der Waals surface area contributed by atoms with Crippen LogP contribution in [0.3, 0.4) is 0 Å². The van der Waals surface area contributed by atoms with Gasteiger partial charge in [0.2, 0.25) is 0 Å². The van der Waals surface area contributed by atoms with Crippen LogP contribution in [0.15, 0.2) is 42.7 Å². The molecule has 2 aromatic heterocycles. The summed E-state index contributed by atoms with van der Waals surface area (Å²) in [6.07, 6.45) is 3.42. The van der Waals surface area contributed by atoms with Crippen LogP contribution in [0.2, 0.25) is 0 Å². The Morgan fingerprint density at radius 2 is 2.12 bits per heavy atom. The summed E-state index contributed by atoms with van der Waals surface area (Å²) in [6.45, 7) is 4.94. The van der Waals surface area contributed by atoms with Gasteiger partial charge in [-0.2, -0.15) is 10.2 Å². The average Bonchev–Trinajstić information content (AvgIpc) is 3.17. The molecular weight excluding hydrogens is 316 g/mol. The Hall–Kier alpha value is -3.07. The molecule has 0 spiro atoms. The van der Waals surface area contributed by atoms with Gasteiger partial charge in [-0.15, -0.1) is 0 Å². The second kappa shape index (κ2) is 5.78. The quantitative estimate of drug-likeness (QED) is 0.733. The monoisotopic (exact) mass is 334 g/mol. The molecule has 4 rings (SSSR count). The first-order valence-electron chi connectivity index (χ1n) is 8.18. The maximum Gasteiger partial charge on any atom is 0.297 e. The number of nitriles is 1. The molecule has 6 heteroatoms. The number of imidazole rings is 1. The van der Waals surface area contributed by atoms with Crippen molar-refractivity contribution in [2.75, 3.05) is 6.61 Å². The number of benzene rings is 1. The molecule has 1 aliphatic rings. The van der Waals surface area contributed by atoms with E-state index >= 15 is 0 Å². The third-order valence-corrected chi connectivity index (χ3v) is 4.47. The fourth-order valence-electron chi connectivity index (χ4n) is 2.92. The standard InChI is InChI=1S/C19H18N4O2/c1-19(2,12-20)13-3-5-14(6-4-13)24-11-15-10-23-17-7-8-21-9-16(17)22-18(23)25-15/h3-9,15H,10-11H2,1-2H3/t15-/m0/s1. The summed E-state index contributed by atoms with van der Waals surface area (Å²) >= 11 is 0. The molecule has 25 heavy (non-hydrogen) atoms. The molecule has 0 N–H and O–H groups in total. The van der Waals surface area contributed by atoms with Crippen molar-refractivity contribution in [2.45, 2.75) is 31.9 Å². The lowest BCUT2D eigenvalue weighted by molar-refractivity contribution is 0.144. The van der Waals surface area contributed by atoms with Crippen molar-refractivity contribution in [1.29, 1.82) is 5.26 Å². The summed E-state index contributed by atoms with van der Waals surface area (Å²) in [6, 6.07) is 12.5. The van der Waals surface area contributed by atoms with Crippen LogP contribution in [0.5, 0.6) is 11.8 Å². The third-order valence-electron chi connectivity index (χ3n) is 4.47. The molecule has 6 nitrogen and oxygen atoms in total. The first-order valence-corrected chi connectivity index (χ1v) is 8.18. The van der Waals surface area contributed by atoms with E-state index in [4.69, 9.17) is 9.47 Å². The highest BCUT2D eigenvalue weighted by atomic mass is 16.6. The van der Waals surface area contributed by atoms with E-state index in [-0.39, 0.29) is 6.10 Å². The number of hydrogen-bond acceptors (Lipinski definition) is 5. The predicted octanol–water partition coefficient (Wildman–Crippen LogP) is 3.07. The predicted molar refractivity (Wildman–Crippen MR) is 92.5 cm³/mol. The molecule has 0 aliphatic carbocycles. The fraction of sp³-hybridized carbons (Fsp3) is 0.316. The van der Waals surface area contributed by atoms with Crippen LogP contribution in [0.1, 0.15) is 19.4 Å². The Morgan fingerprint density at radius 1 is 1.32 bits per heavy atom. The van der Waals surface area contributed by atoms with Gasteiger partial charge < -0.3 is 9.47 Å². The maximum atomic E-state index is 9.19. The van der Waals surface area contributed by atoms with Crippen molar-refractivity contribution < 1.29 is 9.47 Å². The molecule has 0 bridgehead atoms. The molecule has 126 valence electrons. The largest absolute Gasteiger partial charge is 0.490 e. The minimum absolute atomic E-state index is 0.0738. The zero-order chi connectivity index (χ0) is 17.4. The maximum absolute atomic E-state index is 9.19. The van der Waals surface area contributed by atoms with Gasteiger partial charge in [-0.3, -0.25) is 9.55 Å². The summed E-state index contributed by atoms with van der Waals surface area (Å²) in [5.41, 5.74) is 2.33. The second-order valence-corrected chi connectivity index (χ2v) is 6.68. The molecule has 0 radical (unpaired) electrons. The number of hydrogen-bond donors (Lipinski definition) is 0. The van der Waals surface area contributed by atoms with Crippen molar-refractivity contribution >= 4 is 11.0 Å². The van der Waals surface area contributed by atoms with E-state index < -0.39 is 5.41 Å². The SMILES string of the molecule is CC(C)(C#N)c1ccc(OC[C@@H]2Cn3c(nc4cnccc43)O2)cc1. The van der Waals surface area contributed by atoms with E-state index in [1.807, 2.05) is 48.7 Å². The van der Waals surface area contributed by atoms with E-state index in [9.17, 15) is 5.26 Å².